The summed E-state index contributed by atoms with van der Waals surface area (Å²) in [6.45, 7) is 1.09. The summed E-state index contributed by atoms with van der Waals surface area (Å²) in [6.07, 6.45) is 8.03. The number of nitrogens with zero attached hydrogens (tertiary/aromatic N) is 2. The molecule has 3 atom stereocenters. The van der Waals surface area contributed by atoms with Gasteiger partial charge in [-0.25, -0.2) is 4.98 Å². The van der Waals surface area contributed by atoms with Crippen LogP contribution in [0.5, 0.6) is 0 Å². The van der Waals surface area contributed by atoms with Gasteiger partial charge in [0.15, 0.2) is 5.01 Å². The zero-order valence-corrected chi connectivity index (χ0v) is 22.5. The summed E-state index contributed by atoms with van der Waals surface area (Å²) in [5.41, 5.74) is 2.47. The van der Waals surface area contributed by atoms with E-state index in [-0.39, 0.29) is 23.9 Å². The van der Waals surface area contributed by atoms with Crippen molar-refractivity contribution in [1.29, 1.82) is 0 Å². The van der Waals surface area contributed by atoms with Crippen molar-refractivity contribution in [2.45, 2.75) is 63.5 Å². The minimum Gasteiger partial charge on any atom is -0.351 e. The SMILES string of the molecule is CN(C)CCC1CCc2nc(C(=O)N[C@@H]3CCCC[C@@H]3NC(=O)c3cc4cc(Cl)ccc4[nH]3)sc2C1. The molecule has 0 saturated heterocycles. The molecule has 0 radical (unpaired) electrons. The number of carbonyl (C=O) groups excluding carboxylic acids is 2. The minimum absolute atomic E-state index is 0.109. The maximum absolute atomic E-state index is 13.2. The maximum Gasteiger partial charge on any atom is 0.280 e. The highest BCUT2D eigenvalue weighted by Crippen LogP contribution is 2.32. The molecular formula is C27H34ClN5O2S. The van der Waals surface area contributed by atoms with Crippen LogP contribution in [-0.4, -0.2) is 59.4 Å². The van der Waals surface area contributed by atoms with Gasteiger partial charge >= 0.3 is 0 Å². The lowest BCUT2D eigenvalue weighted by Gasteiger charge is -2.32. The van der Waals surface area contributed by atoms with Crippen molar-refractivity contribution in [2.24, 2.45) is 5.92 Å². The molecule has 5 rings (SSSR count). The molecule has 2 aromatic heterocycles. The Bertz CT molecular complexity index is 1250. The van der Waals surface area contributed by atoms with Crippen LogP contribution >= 0.6 is 22.9 Å². The molecule has 2 amide bonds. The summed E-state index contributed by atoms with van der Waals surface area (Å²) in [4.78, 5) is 37.6. The number of amides is 2. The Hall–Kier alpha value is -2.42. The van der Waals surface area contributed by atoms with Crippen LogP contribution in [0.25, 0.3) is 10.9 Å². The molecule has 2 aliphatic carbocycles. The molecule has 7 nitrogen and oxygen atoms in total. The van der Waals surface area contributed by atoms with Crippen molar-refractivity contribution >= 4 is 45.7 Å². The fourth-order valence-corrected chi connectivity index (χ4v) is 6.71. The van der Waals surface area contributed by atoms with E-state index in [1.165, 1.54) is 11.3 Å². The van der Waals surface area contributed by atoms with Crippen LogP contribution in [-0.2, 0) is 12.8 Å². The average Bonchev–Trinajstić information content (AvgIpc) is 3.47. The van der Waals surface area contributed by atoms with Crippen molar-refractivity contribution < 1.29 is 9.59 Å². The van der Waals surface area contributed by atoms with Gasteiger partial charge in [-0.3, -0.25) is 9.59 Å². The number of aromatic amines is 1. The molecule has 0 aliphatic heterocycles. The van der Waals surface area contributed by atoms with Crippen LogP contribution < -0.4 is 10.6 Å². The highest BCUT2D eigenvalue weighted by Gasteiger charge is 2.31. The predicted molar refractivity (Wildman–Crippen MR) is 145 cm³/mol. The number of hydrogen-bond donors (Lipinski definition) is 3. The highest BCUT2D eigenvalue weighted by molar-refractivity contribution is 7.13. The van der Waals surface area contributed by atoms with Crippen LogP contribution in [0.2, 0.25) is 5.02 Å². The number of thiazole rings is 1. The molecular weight excluding hydrogens is 494 g/mol. The second kappa shape index (κ2) is 10.9. The van der Waals surface area contributed by atoms with Gasteiger partial charge in [-0.05, 0) is 89.3 Å². The second-order valence-corrected chi connectivity index (χ2v) is 12.0. The molecule has 1 unspecified atom stereocenters. The molecule has 3 aromatic rings. The van der Waals surface area contributed by atoms with E-state index < -0.39 is 0 Å². The van der Waals surface area contributed by atoms with E-state index in [0.29, 0.717) is 21.6 Å². The number of carbonyl (C=O) groups is 2. The molecule has 3 N–H and O–H groups in total. The number of halogens is 1. The smallest absolute Gasteiger partial charge is 0.280 e. The molecule has 0 spiro atoms. The van der Waals surface area contributed by atoms with Crippen LogP contribution in [0.3, 0.4) is 0 Å². The van der Waals surface area contributed by atoms with E-state index in [1.807, 2.05) is 18.2 Å². The Morgan fingerprint density at radius 1 is 1.11 bits per heavy atom. The quantitative estimate of drug-likeness (QED) is 0.411. The van der Waals surface area contributed by atoms with E-state index in [9.17, 15) is 9.59 Å². The maximum atomic E-state index is 13.2. The first-order valence-corrected chi connectivity index (χ1v) is 14.1. The Morgan fingerprint density at radius 3 is 2.61 bits per heavy atom. The largest absolute Gasteiger partial charge is 0.351 e. The Labute approximate surface area is 221 Å². The Kier molecular flexibility index (Phi) is 7.65. The molecule has 9 heteroatoms. The Morgan fingerprint density at radius 2 is 1.86 bits per heavy atom. The van der Waals surface area contributed by atoms with Crippen molar-refractivity contribution in [3.05, 3.63) is 50.6 Å². The summed E-state index contributed by atoms with van der Waals surface area (Å²) in [6, 6.07) is 7.11. The van der Waals surface area contributed by atoms with Gasteiger partial charge in [-0.1, -0.05) is 24.4 Å². The molecule has 1 aromatic carbocycles. The van der Waals surface area contributed by atoms with Gasteiger partial charge in [0.2, 0.25) is 0 Å². The monoisotopic (exact) mass is 527 g/mol. The number of aromatic nitrogens is 2. The number of fused-ring (bicyclic) bond motifs is 2. The fourth-order valence-electron chi connectivity index (χ4n) is 5.41. The fraction of sp³-hybridized carbons (Fsp3) is 0.519. The summed E-state index contributed by atoms with van der Waals surface area (Å²) in [7, 11) is 4.22. The number of nitrogens with one attached hydrogen (secondary N) is 3. The molecule has 1 fully saturated rings. The minimum atomic E-state index is -0.165. The van der Waals surface area contributed by atoms with Gasteiger partial charge in [-0.2, -0.15) is 0 Å². The van der Waals surface area contributed by atoms with Gasteiger partial charge in [-0.15, -0.1) is 11.3 Å². The lowest BCUT2D eigenvalue weighted by atomic mass is 9.88. The van der Waals surface area contributed by atoms with Crippen molar-refractivity contribution in [3.8, 4) is 0 Å². The number of H-pyrrole nitrogens is 1. The van der Waals surface area contributed by atoms with Crippen LogP contribution in [0.1, 0.15) is 69.4 Å². The molecule has 0 bridgehead atoms. The van der Waals surface area contributed by atoms with Crippen LogP contribution in [0, 0.1) is 5.92 Å². The number of rotatable bonds is 7. The molecule has 2 heterocycles. The van der Waals surface area contributed by atoms with Gasteiger partial charge < -0.3 is 20.5 Å². The third-order valence-electron chi connectivity index (χ3n) is 7.45. The molecule has 1 saturated carbocycles. The van der Waals surface area contributed by atoms with Gasteiger partial charge in [0.05, 0.1) is 5.69 Å². The summed E-state index contributed by atoms with van der Waals surface area (Å²) in [5, 5.41) is 8.44. The summed E-state index contributed by atoms with van der Waals surface area (Å²) in [5.74, 6) is 0.377. The number of aryl methyl sites for hydroxylation is 1. The van der Waals surface area contributed by atoms with E-state index >= 15 is 0 Å². The topological polar surface area (TPSA) is 90.1 Å². The highest BCUT2D eigenvalue weighted by atomic mass is 35.5. The van der Waals surface area contributed by atoms with Gasteiger partial charge in [0, 0.05) is 32.9 Å². The number of benzene rings is 1. The average molecular weight is 528 g/mol. The van der Waals surface area contributed by atoms with Gasteiger partial charge in [0.25, 0.3) is 11.8 Å². The first-order valence-electron chi connectivity index (χ1n) is 12.9. The van der Waals surface area contributed by atoms with Crippen molar-refractivity contribution in [1.82, 2.24) is 25.5 Å². The molecule has 2 aliphatic rings. The first-order chi connectivity index (χ1) is 17.4. The predicted octanol–water partition coefficient (Wildman–Crippen LogP) is 4.81. The van der Waals surface area contributed by atoms with Crippen molar-refractivity contribution in [3.63, 3.8) is 0 Å². The normalized spacial score (nSPS) is 21.9. The lowest BCUT2D eigenvalue weighted by molar-refractivity contribution is 0.0860. The molecule has 192 valence electrons. The first kappa shape index (κ1) is 25.2. The summed E-state index contributed by atoms with van der Waals surface area (Å²) < 4.78 is 0. The second-order valence-electron chi connectivity index (χ2n) is 10.4. The zero-order chi connectivity index (χ0) is 25.2. The van der Waals surface area contributed by atoms with Crippen LogP contribution in [0.15, 0.2) is 24.3 Å². The van der Waals surface area contributed by atoms with E-state index in [1.54, 1.807) is 17.4 Å². The van der Waals surface area contributed by atoms with Crippen molar-refractivity contribution in [2.75, 3.05) is 20.6 Å². The van der Waals surface area contributed by atoms with E-state index in [0.717, 1.165) is 68.1 Å². The number of hydrogen-bond acceptors (Lipinski definition) is 5. The zero-order valence-electron chi connectivity index (χ0n) is 20.9. The van der Waals surface area contributed by atoms with E-state index in [2.05, 4.69) is 34.6 Å². The standard InChI is InChI=1S/C27H34ClN5O2S/c1-33(2)12-11-16-7-9-22-24(13-16)36-27(32-22)26(35)31-21-6-4-3-5-20(21)30-25(34)23-15-17-14-18(28)8-10-19(17)29-23/h8,10,14-16,20-21,29H,3-7,9,11-13H2,1-2H3,(H,30,34)(H,31,35)/t16?,20-,21+/m0/s1. The van der Waals surface area contributed by atoms with Crippen LogP contribution in [0.4, 0.5) is 0 Å². The third kappa shape index (κ3) is 5.76. The van der Waals surface area contributed by atoms with Gasteiger partial charge in [0.1, 0.15) is 5.69 Å². The Balaban J connectivity index is 1.22. The lowest BCUT2D eigenvalue weighted by Crippen LogP contribution is -2.53. The molecule has 36 heavy (non-hydrogen) atoms. The third-order valence-corrected chi connectivity index (χ3v) is 8.80. The van der Waals surface area contributed by atoms with E-state index in [4.69, 9.17) is 16.6 Å². The summed E-state index contributed by atoms with van der Waals surface area (Å²) >= 11 is 7.63.